The molecule has 2 rings (SSSR count). The molecule has 1 aromatic rings. The molecule has 19 heavy (non-hydrogen) atoms. The topological polar surface area (TPSA) is 39.1 Å². The average Bonchev–Trinajstić information content (AvgIpc) is 2.48. The average molecular weight is 257 g/mol. The fourth-order valence-electron chi connectivity index (χ4n) is 2.82. The SMILES string of the molecule is CCCN(Cc1cccc(C#N)c1)C1CCNCC1. The molecule has 0 atom stereocenters. The zero-order valence-corrected chi connectivity index (χ0v) is 11.7. The minimum atomic E-state index is 0.687. The third-order valence-electron chi connectivity index (χ3n) is 3.78. The number of rotatable bonds is 5. The minimum Gasteiger partial charge on any atom is -0.317 e. The highest BCUT2D eigenvalue weighted by Crippen LogP contribution is 2.16. The quantitative estimate of drug-likeness (QED) is 0.881. The summed E-state index contributed by atoms with van der Waals surface area (Å²) < 4.78 is 0. The molecule has 1 aromatic carbocycles. The van der Waals surface area contributed by atoms with E-state index < -0.39 is 0 Å². The van der Waals surface area contributed by atoms with Crippen LogP contribution >= 0.6 is 0 Å². The van der Waals surface area contributed by atoms with Gasteiger partial charge in [-0.3, -0.25) is 4.90 Å². The molecular weight excluding hydrogens is 234 g/mol. The largest absolute Gasteiger partial charge is 0.317 e. The molecule has 0 radical (unpaired) electrons. The van der Waals surface area contributed by atoms with Gasteiger partial charge in [0.25, 0.3) is 0 Å². The molecular formula is C16H23N3. The third-order valence-corrected chi connectivity index (χ3v) is 3.78. The van der Waals surface area contributed by atoms with E-state index in [1.54, 1.807) is 0 Å². The first kappa shape index (κ1) is 14.0. The van der Waals surface area contributed by atoms with Gasteiger partial charge in [-0.15, -0.1) is 0 Å². The van der Waals surface area contributed by atoms with Crippen molar-refractivity contribution in [3.63, 3.8) is 0 Å². The molecule has 0 amide bonds. The molecule has 0 aliphatic carbocycles. The summed E-state index contributed by atoms with van der Waals surface area (Å²) in [5.74, 6) is 0. The van der Waals surface area contributed by atoms with Crippen molar-refractivity contribution in [3.05, 3.63) is 35.4 Å². The van der Waals surface area contributed by atoms with Crippen LogP contribution in [0.15, 0.2) is 24.3 Å². The summed E-state index contributed by atoms with van der Waals surface area (Å²) in [6, 6.07) is 10.9. The Morgan fingerprint density at radius 3 is 2.84 bits per heavy atom. The second kappa shape index (κ2) is 7.28. The Morgan fingerprint density at radius 2 is 2.16 bits per heavy atom. The number of nitriles is 1. The molecule has 0 saturated carbocycles. The predicted octanol–water partition coefficient (Wildman–Crippen LogP) is 2.52. The summed E-state index contributed by atoms with van der Waals surface area (Å²) in [5, 5.41) is 12.4. The number of nitrogens with zero attached hydrogens (tertiary/aromatic N) is 2. The van der Waals surface area contributed by atoms with Crippen molar-refractivity contribution >= 4 is 0 Å². The van der Waals surface area contributed by atoms with Crippen molar-refractivity contribution < 1.29 is 0 Å². The molecule has 0 aromatic heterocycles. The number of hydrogen-bond donors (Lipinski definition) is 1. The predicted molar refractivity (Wildman–Crippen MR) is 77.7 cm³/mol. The summed E-state index contributed by atoms with van der Waals surface area (Å²) in [6.45, 7) is 6.60. The number of nitrogens with one attached hydrogen (secondary N) is 1. The van der Waals surface area contributed by atoms with Crippen LogP contribution in [0.2, 0.25) is 0 Å². The summed E-state index contributed by atoms with van der Waals surface area (Å²) in [4.78, 5) is 2.58. The second-order valence-corrected chi connectivity index (χ2v) is 5.26. The van der Waals surface area contributed by atoms with Gasteiger partial charge in [0.2, 0.25) is 0 Å². The van der Waals surface area contributed by atoms with Gasteiger partial charge in [-0.2, -0.15) is 5.26 Å². The monoisotopic (exact) mass is 257 g/mol. The van der Waals surface area contributed by atoms with E-state index in [0.29, 0.717) is 6.04 Å². The van der Waals surface area contributed by atoms with Gasteiger partial charge >= 0.3 is 0 Å². The maximum Gasteiger partial charge on any atom is 0.0991 e. The van der Waals surface area contributed by atoms with E-state index in [4.69, 9.17) is 5.26 Å². The van der Waals surface area contributed by atoms with Crippen LogP contribution in [-0.2, 0) is 6.54 Å². The smallest absolute Gasteiger partial charge is 0.0991 e. The Bertz CT molecular complexity index is 430. The van der Waals surface area contributed by atoms with E-state index in [0.717, 1.165) is 31.7 Å². The van der Waals surface area contributed by atoms with Gasteiger partial charge in [-0.1, -0.05) is 19.1 Å². The van der Waals surface area contributed by atoms with Gasteiger partial charge in [-0.05, 0) is 56.6 Å². The molecule has 0 bridgehead atoms. The molecule has 1 heterocycles. The highest BCUT2D eigenvalue weighted by atomic mass is 15.2. The lowest BCUT2D eigenvalue weighted by molar-refractivity contribution is 0.154. The fraction of sp³-hybridized carbons (Fsp3) is 0.562. The van der Waals surface area contributed by atoms with Crippen molar-refractivity contribution in [1.29, 1.82) is 5.26 Å². The summed E-state index contributed by atoms with van der Waals surface area (Å²) in [5.41, 5.74) is 2.02. The Labute approximate surface area is 116 Å². The van der Waals surface area contributed by atoms with Crippen LogP contribution in [0.5, 0.6) is 0 Å². The van der Waals surface area contributed by atoms with Crippen molar-refractivity contribution in [2.24, 2.45) is 0 Å². The number of piperidine rings is 1. The minimum absolute atomic E-state index is 0.687. The molecule has 3 heteroatoms. The van der Waals surface area contributed by atoms with Gasteiger partial charge in [0.05, 0.1) is 11.6 Å². The normalized spacial score (nSPS) is 16.5. The maximum absolute atomic E-state index is 8.98. The van der Waals surface area contributed by atoms with Crippen LogP contribution in [0.1, 0.15) is 37.3 Å². The first-order chi connectivity index (χ1) is 9.33. The Balaban J connectivity index is 2.04. The molecule has 1 aliphatic heterocycles. The molecule has 0 spiro atoms. The van der Waals surface area contributed by atoms with Gasteiger partial charge in [-0.25, -0.2) is 0 Å². The van der Waals surface area contributed by atoms with E-state index >= 15 is 0 Å². The highest BCUT2D eigenvalue weighted by Gasteiger charge is 2.20. The van der Waals surface area contributed by atoms with Crippen molar-refractivity contribution in [2.45, 2.75) is 38.8 Å². The lowest BCUT2D eigenvalue weighted by Gasteiger charge is -2.34. The first-order valence-electron chi connectivity index (χ1n) is 7.27. The standard InChI is InChI=1S/C16H23N3/c1-2-10-19(16-6-8-18-9-7-16)13-15-5-3-4-14(11-15)12-17/h3-5,11,16,18H,2,6-10,13H2,1H3. The van der Waals surface area contributed by atoms with Gasteiger partial charge in [0.15, 0.2) is 0 Å². The number of hydrogen-bond acceptors (Lipinski definition) is 3. The van der Waals surface area contributed by atoms with Crippen LogP contribution in [0.3, 0.4) is 0 Å². The van der Waals surface area contributed by atoms with Crippen molar-refractivity contribution in [1.82, 2.24) is 10.2 Å². The molecule has 0 unspecified atom stereocenters. The number of benzene rings is 1. The fourth-order valence-corrected chi connectivity index (χ4v) is 2.82. The van der Waals surface area contributed by atoms with E-state index in [1.165, 1.54) is 24.8 Å². The van der Waals surface area contributed by atoms with E-state index in [9.17, 15) is 0 Å². The molecule has 1 aliphatic rings. The van der Waals surface area contributed by atoms with Crippen LogP contribution in [-0.4, -0.2) is 30.6 Å². The Hall–Kier alpha value is -1.37. The van der Waals surface area contributed by atoms with E-state index in [1.807, 2.05) is 18.2 Å². The van der Waals surface area contributed by atoms with Gasteiger partial charge in [0.1, 0.15) is 0 Å². The van der Waals surface area contributed by atoms with E-state index in [-0.39, 0.29) is 0 Å². The lowest BCUT2D eigenvalue weighted by Crippen LogP contribution is -2.43. The van der Waals surface area contributed by atoms with Crippen LogP contribution in [0.25, 0.3) is 0 Å². The summed E-state index contributed by atoms with van der Waals surface area (Å²) >= 11 is 0. The summed E-state index contributed by atoms with van der Waals surface area (Å²) in [6.07, 6.45) is 3.65. The van der Waals surface area contributed by atoms with E-state index in [2.05, 4.69) is 29.3 Å². The Morgan fingerprint density at radius 1 is 1.37 bits per heavy atom. The zero-order chi connectivity index (χ0) is 13.5. The van der Waals surface area contributed by atoms with Crippen molar-refractivity contribution in [2.75, 3.05) is 19.6 Å². The van der Waals surface area contributed by atoms with Gasteiger partial charge in [0, 0.05) is 12.6 Å². The van der Waals surface area contributed by atoms with Crippen LogP contribution < -0.4 is 5.32 Å². The molecule has 102 valence electrons. The first-order valence-corrected chi connectivity index (χ1v) is 7.27. The van der Waals surface area contributed by atoms with Crippen LogP contribution in [0, 0.1) is 11.3 Å². The van der Waals surface area contributed by atoms with Gasteiger partial charge < -0.3 is 5.32 Å². The summed E-state index contributed by atoms with van der Waals surface area (Å²) in [7, 11) is 0. The molecule has 3 nitrogen and oxygen atoms in total. The molecule has 1 saturated heterocycles. The highest BCUT2D eigenvalue weighted by molar-refractivity contribution is 5.32. The van der Waals surface area contributed by atoms with Crippen LogP contribution in [0.4, 0.5) is 0 Å². The zero-order valence-electron chi connectivity index (χ0n) is 11.7. The molecule has 1 fully saturated rings. The maximum atomic E-state index is 8.98. The third kappa shape index (κ3) is 4.05. The van der Waals surface area contributed by atoms with Crippen molar-refractivity contribution in [3.8, 4) is 6.07 Å². The lowest BCUT2D eigenvalue weighted by atomic mass is 10.0. The molecule has 1 N–H and O–H groups in total. The second-order valence-electron chi connectivity index (χ2n) is 5.26. The Kier molecular flexibility index (Phi) is 5.38.